The Bertz CT molecular complexity index is 467. The Kier molecular flexibility index (Phi) is 3.85. The monoisotopic (exact) mass is 246 g/mol. The number of nitrogens with one attached hydrogen (secondary N) is 1. The van der Waals surface area contributed by atoms with Gasteiger partial charge < -0.3 is 9.84 Å². The van der Waals surface area contributed by atoms with Crippen LogP contribution in [0.15, 0.2) is 18.2 Å². The van der Waals surface area contributed by atoms with Crippen LogP contribution in [0.3, 0.4) is 0 Å². The van der Waals surface area contributed by atoms with E-state index in [1.165, 1.54) is 5.56 Å². The predicted molar refractivity (Wildman–Crippen MR) is 68.3 cm³/mol. The lowest BCUT2D eigenvalue weighted by atomic mass is 9.77. The van der Waals surface area contributed by atoms with E-state index in [2.05, 4.69) is 11.4 Å². The number of methoxy groups -OCH3 is 1. The molecule has 0 fully saturated rings. The molecule has 0 saturated heterocycles. The lowest BCUT2D eigenvalue weighted by molar-refractivity contribution is 0.262. The van der Waals surface area contributed by atoms with E-state index in [1.807, 2.05) is 18.2 Å². The lowest BCUT2D eigenvalue weighted by Gasteiger charge is -2.34. The number of nitrogens with zero attached hydrogens (tertiary/aromatic N) is 1. The summed E-state index contributed by atoms with van der Waals surface area (Å²) in [4.78, 5) is 0. The average molecular weight is 246 g/mol. The molecule has 4 nitrogen and oxygen atoms in total. The molecule has 18 heavy (non-hydrogen) atoms. The highest BCUT2D eigenvalue weighted by atomic mass is 16.5. The molecule has 0 aromatic heterocycles. The van der Waals surface area contributed by atoms with Gasteiger partial charge in [-0.3, -0.25) is 5.32 Å². The molecular weight excluding hydrogens is 228 g/mol. The Morgan fingerprint density at radius 3 is 3.06 bits per heavy atom. The lowest BCUT2D eigenvalue weighted by Crippen LogP contribution is -2.45. The van der Waals surface area contributed by atoms with E-state index < -0.39 is 5.54 Å². The van der Waals surface area contributed by atoms with Gasteiger partial charge in [0.1, 0.15) is 11.3 Å². The smallest absolute Gasteiger partial charge is 0.132 e. The van der Waals surface area contributed by atoms with Crippen LogP contribution in [0.1, 0.15) is 24.0 Å². The van der Waals surface area contributed by atoms with Gasteiger partial charge in [-0.15, -0.1) is 0 Å². The third-order valence-electron chi connectivity index (χ3n) is 3.50. The van der Waals surface area contributed by atoms with Crippen molar-refractivity contribution in [1.29, 1.82) is 5.26 Å². The molecule has 0 radical (unpaired) electrons. The minimum atomic E-state index is -0.690. The summed E-state index contributed by atoms with van der Waals surface area (Å²) in [6.07, 6.45) is 2.73. The number of ether oxygens (including phenoxy) is 1. The Hall–Kier alpha value is -1.57. The van der Waals surface area contributed by atoms with Gasteiger partial charge >= 0.3 is 0 Å². The zero-order valence-electron chi connectivity index (χ0n) is 10.6. The fourth-order valence-corrected chi connectivity index (χ4v) is 2.59. The zero-order valence-corrected chi connectivity index (χ0v) is 10.6. The van der Waals surface area contributed by atoms with Gasteiger partial charge in [0.25, 0.3) is 0 Å². The quantitative estimate of drug-likeness (QED) is 0.841. The van der Waals surface area contributed by atoms with Gasteiger partial charge in [-0.1, -0.05) is 6.07 Å². The fraction of sp³-hybridized carbons (Fsp3) is 0.500. The van der Waals surface area contributed by atoms with Crippen LogP contribution in [0.2, 0.25) is 0 Å². The molecule has 96 valence electrons. The second kappa shape index (κ2) is 5.38. The molecule has 0 aliphatic heterocycles. The van der Waals surface area contributed by atoms with E-state index in [4.69, 9.17) is 9.84 Å². The average Bonchev–Trinajstić information content (AvgIpc) is 2.44. The van der Waals surface area contributed by atoms with E-state index in [-0.39, 0.29) is 6.61 Å². The number of fused-ring (bicyclic) bond motifs is 1. The summed E-state index contributed by atoms with van der Waals surface area (Å²) >= 11 is 0. The summed E-state index contributed by atoms with van der Waals surface area (Å²) in [5.74, 6) is 0.765. The first-order chi connectivity index (χ1) is 8.75. The van der Waals surface area contributed by atoms with Crippen LogP contribution in [0.4, 0.5) is 0 Å². The molecule has 1 aliphatic carbocycles. The van der Waals surface area contributed by atoms with E-state index in [9.17, 15) is 5.26 Å². The first-order valence-electron chi connectivity index (χ1n) is 6.20. The largest absolute Gasteiger partial charge is 0.497 e. The van der Waals surface area contributed by atoms with E-state index >= 15 is 0 Å². The minimum absolute atomic E-state index is 0.0305. The van der Waals surface area contributed by atoms with Crippen molar-refractivity contribution >= 4 is 0 Å². The molecule has 2 rings (SSSR count). The highest BCUT2D eigenvalue weighted by Gasteiger charge is 2.36. The van der Waals surface area contributed by atoms with E-state index in [0.29, 0.717) is 6.54 Å². The third kappa shape index (κ3) is 2.20. The molecule has 1 atom stereocenters. The number of aryl methyl sites for hydroxylation is 1. The second-order valence-electron chi connectivity index (χ2n) is 4.54. The van der Waals surface area contributed by atoms with Gasteiger partial charge in [-0.2, -0.15) is 5.26 Å². The Balaban J connectivity index is 2.43. The molecule has 1 aliphatic rings. The second-order valence-corrected chi connectivity index (χ2v) is 4.54. The number of hydrogen-bond acceptors (Lipinski definition) is 4. The SMILES string of the molecule is COc1ccc2c(c1)C(C#N)(NCCO)CCC2. The molecular formula is C14H18N2O2. The molecule has 0 saturated carbocycles. The number of rotatable bonds is 4. The summed E-state index contributed by atoms with van der Waals surface area (Å²) in [6.45, 7) is 0.451. The summed E-state index contributed by atoms with van der Waals surface area (Å²) in [7, 11) is 1.62. The molecule has 0 heterocycles. The van der Waals surface area contributed by atoms with Crippen LogP contribution in [0, 0.1) is 11.3 Å². The standard InChI is InChI=1S/C14H18N2O2/c1-18-12-5-4-11-3-2-6-14(10-15,13(11)9-12)16-7-8-17/h4-5,9,16-17H,2-3,6-8H2,1H3. The molecule has 0 spiro atoms. The van der Waals surface area contributed by atoms with Crippen molar-refractivity contribution in [3.05, 3.63) is 29.3 Å². The number of aliphatic hydroxyl groups is 1. The van der Waals surface area contributed by atoms with Crippen molar-refractivity contribution in [2.24, 2.45) is 0 Å². The Morgan fingerprint density at radius 2 is 2.39 bits per heavy atom. The van der Waals surface area contributed by atoms with Gasteiger partial charge in [-0.05, 0) is 42.5 Å². The fourth-order valence-electron chi connectivity index (χ4n) is 2.59. The predicted octanol–water partition coefficient (Wildman–Crippen LogP) is 1.33. The minimum Gasteiger partial charge on any atom is -0.497 e. The first kappa shape index (κ1) is 12.9. The molecule has 1 aromatic carbocycles. The summed E-state index contributed by atoms with van der Waals surface area (Å²) in [6, 6.07) is 8.27. The van der Waals surface area contributed by atoms with Crippen LogP contribution in [0.25, 0.3) is 0 Å². The van der Waals surface area contributed by atoms with E-state index in [1.54, 1.807) is 7.11 Å². The first-order valence-corrected chi connectivity index (χ1v) is 6.20. The highest BCUT2D eigenvalue weighted by molar-refractivity contribution is 5.45. The maximum atomic E-state index is 9.54. The highest BCUT2D eigenvalue weighted by Crippen LogP contribution is 2.36. The summed E-state index contributed by atoms with van der Waals surface area (Å²) < 4.78 is 5.24. The topological polar surface area (TPSA) is 65.3 Å². The van der Waals surface area contributed by atoms with Crippen LogP contribution < -0.4 is 10.1 Å². The molecule has 0 amide bonds. The third-order valence-corrected chi connectivity index (χ3v) is 3.50. The molecule has 4 heteroatoms. The molecule has 1 aromatic rings. The maximum Gasteiger partial charge on any atom is 0.132 e. The van der Waals surface area contributed by atoms with Crippen molar-refractivity contribution in [2.45, 2.75) is 24.8 Å². The van der Waals surface area contributed by atoms with E-state index in [0.717, 1.165) is 30.6 Å². The molecule has 1 unspecified atom stereocenters. The number of nitriles is 1. The van der Waals surface area contributed by atoms with Gasteiger partial charge in [0.05, 0.1) is 19.8 Å². The number of aliphatic hydroxyl groups excluding tert-OH is 1. The van der Waals surface area contributed by atoms with Crippen LogP contribution in [-0.2, 0) is 12.0 Å². The summed E-state index contributed by atoms with van der Waals surface area (Å²) in [5, 5.41) is 21.7. The summed E-state index contributed by atoms with van der Waals surface area (Å²) in [5.41, 5.74) is 1.49. The van der Waals surface area contributed by atoms with Gasteiger partial charge in [0.2, 0.25) is 0 Å². The van der Waals surface area contributed by atoms with Crippen molar-refractivity contribution < 1.29 is 9.84 Å². The van der Waals surface area contributed by atoms with Crippen LogP contribution >= 0.6 is 0 Å². The Labute approximate surface area is 107 Å². The van der Waals surface area contributed by atoms with Crippen LogP contribution in [-0.4, -0.2) is 25.4 Å². The van der Waals surface area contributed by atoms with Gasteiger partial charge in [0.15, 0.2) is 0 Å². The van der Waals surface area contributed by atoms with Crippen LogP contribution in [0.5, 0.6) is 5.75 Å². The zero-order chi connectivity index (χ0) is 13.0. The normalized spacial score (nSPS) is 22.1. The van der Waals surface area contributed by atoms with Gasteiger partial charge in [0, 0.05) is 6.54 Å². The van der Waals surface area contributed by atoms with Crippen molar-refractivity contribution in [2.75, 3.05) is 20.3 Å². The maximum absolute atomic E-state index is 9.54. The van der Waals surface area contributed by atoms with Crippen molar-refractivity contribution in [1.82, 2.24) is 5.32 Å². The molecule has 0 bridgehead atoms. The number of hydrogen-bond donors (Lipinski definition) is 2. The molecule has 2 N–H and O–H groups in total. The van der Waals surface area contributed by atoms with Crippen molar-refractivity contribution in [3.8, 4) is 11.8 Å². The van der Waals surface area contributed by atoms with Gasteiger partial charge in [-0.25, -0.2) is 0 Å². The van der Waals surface area contributed by atoms with Crippen molar-refractivity contribution in [3.63, 3.8) is 0 Å². The Morgan fingerprint density at radius 1 is 1.56 bits per heavy atom. The number of benzene rings is 1.